The number of para-hydroxylation sites is 2. The van der Waals surface area contributed by atoms with Crippen LogP contribution < -0.4 is 10.2 Å². The summed E-state index contributed by atoms with van der Waals surface area (Å²) in [6, 6.07) is 15.4. The van der Waals surface area contributed by atoms with Crippen LogP contribution in [0.15, 0.2) is 48.5 Å². The molecule has 2 aromatic carbocycles. The van der Waals surface area contributed by atoms with E-state index in [0.717, 1.165) is 28.9 Å². The van der Waals surface area contributed by atoms with Gasteiger partial charge in [0, 0.05) is 17.9 Å². The second kappa shape index (κ2) is 6.02. The van der Waals surface area contributed by atoms with Crippen molar-refractivity contribution < 1.29 is 9.59 Å². The smallest absolute Gasteiger partial charge is 0.236 e. The van der Waals surface area contributed by atoms with Crippen LogP contribution in [0.25, 0.3) is 0 Å². The van der Waals surface area contributed by atoms with Gasteiger partial charge in [-0.15, -0.1) is 0 Å². The Morgan fingerprint density at radius 3 is 2.64 bits per heavy atom. The van der Waals surface area contributed by atoms with Crippen LogP contribution in [0.2, 0.25) is 0 Å². The third kappa shape index (κ3) is 2.86. The van der Waals surface area contributed by atoms with E-state index in [1.807, 2.05) is 55.5 Å². The van der Waals surface area contributed by atoms with Crippen molar-refractivity contribution in [3.8, 4) is 0 Å². The zero-order chi connectivity index (χ0) is 15.5. The molecule has 0 spiro atoms. The Morgan fingerprint density at radius 2 is 1.82 bits per heavy atom. The monoisotopic (exact) mass is 294 g/mol. The summed E-state index contributed by atoms with van der Waals surface area (Å²) >= 11 is 0. The predicted octanol–water partition coefficient (Wildman–Crippen LogP) is 2.91. The summed E-state index contributed by atoms with van der Waals surface area (Å²) < 4.78 is 0. The van der Waals surface area contributed by atoms with Crippen molar-refractivity contribution in [3.05, 3.63) is 59.7 Å². The number of rotatable bonds is 3. The highest BCUT2D eigenvalue weighted by Gasteiger charge is 2.25. The molecular formula is C18H18N2O2. The molecule has 1 N–H and O–H groups in total. The van der Waals surface area contributed by atoms with E-state index in [2.05, 4.69) is 5.32 Å². The summed E-state index contributed by atoms with van der Waals surface area (Å²) in [5, 5.41) is 2.80. The van der Waals surface area contributed by atoms with E-state index in [0.29, 0.717) is 6.54 Å². The maximum atomic E-state index is 12.4. The highest BCUT2D eigenvalue weighted by molar-refractivity contribution is 6.09. The van der Waals surface area contributed by atoms with Gasteiger partial charge in [-0.2, -0.15) is 0 Å². The van der Waals surface area contributed by atoms with Gasteiger partial charge in [0.05, 0.1) is 0 Å². The fraction of sp³-hybridized carbons (Fsp3) is 0.222. The van der Waals surface area contributed by atoms with Gasteiger partial charge in [-0.25, -0.2) is 0 Å². The Labute approximate surface area is 129 Å². The molecule has 0 unspecified atom stereocenters. The van der Waals surface area contributed by atoms with Gasteiger partial charge in [0.25, 0.3) is 0 Å². The van der Waals surface area contributed by atoms with Crippen molar-refractivity contribution in [2.24, 2.45) is 0 Å². The third-order valence-corrected chi connectivity index (χ3v) is 3.92. The van der Waals surface area contributed by atoms with Crippen molar-refractivity contribution in [1.29, 1.82) is 0 Å². The number of nitrogens with one attached hydrogen (secondary N) is 1. The molecule has 22 heavy (non-hydrogen) atoms. The molecule has 2 aromatic rings. The molecule has 3 rings (SSSR count). The van der Waals surface area contributed by atoms with Crippen LogP contribution in [0.3, 0.4) is 0 Å². The average molecular weight is 294 g/mol. The van der Waals surface area contributed by atoms with Crippen molar-refractivity contribution in [1.82, 2.24) is 0 Å². The number of benzene rings is 2. The number of carbonyl (C=O) groups is 2. The first-order valence-electron chi connectivity index (χ1n) is 7.39. The van der Waals surface area contributed by atoms with Crippen LogP contribution >= 0.6 is 0 Å². The minimum absolute atomic E-state index is 0.136. The Hall–Kier alpha value is -2.62. The summed E-state index contributed by atoms with van der Waals surface area (Å²) in [6.45, 7) is 2.57. The standard InChI is InChI=1S/C18H18N2O2/c1-13-6-2-4-8-15(13)19-17(21)12-18(22)20-11-10-14-7-3-5-9-16(14)20/h2-9H,10-12H2,1H3,(H,19,21). The van der Waals surface area contributed by atoms with Crippen LogP contribution in [0, 0.1) is 6.92 Å². The second-order valence-electron chi connectivity index (χ2n) is 5.46. The van der Waals surface area contributed by atoms with Crippen LogP contribution in [-0.2, 0) is 16.0 Å². The maximum Gasteiger partial charge on any atom is 0.236 e. The molecule has 112 valence electrons. The van der Waals surface area contributed by atoms with Gasteiger partial charge in [-0.05, 0) is 36.6 Å². The summed E-state index contributed by atoms with van der Waals surface area (Å²) in [6.07, 6.45) is 0.712. The molecule has 1 aliphatic rings. The van der Waals surface area contributed by atoms with Crippen molar-refractivity contribution >= 4 is 23.2 Å². The van der Waals surface area contributed by atoms with Crippen molar-refractivity contribution in [2.75, 3.05) is 16.8 Å². The van der Waals surface area contributed by atoms with Gasteiger partial charge in [-0.3, -0.25) is 9.59 Å². The van der Waals surface area contributed by atoms with E-state index < -0.39 is 0 Å². The largest absolute Gasteiger partial charge is 0.325 e. The molecule has 0 bridgehead atoms. The quantitative estimate of drug-likeness (QED) is 0.885. The zero-order valence-electron chi connectivity index (χ0n) is 12.5. The Morgan fingerprint density at radius 1 is 1.09 bits per heavy atom. The predicted molar refractivity (Wildman–Crippen MR) is 86.9 cm³/mol. The fourth-order valence-corrected chi connectivity index (χ4v) is 2.74. The van der Waals surface area contributed by atoms with Crippen molar-refractivity contribution in [2.45, 2.75) is 19.8 Å². The van der Waals surface area contributed by atoms with Crippen LogP contribution in [0.1, 0.15) is 17.5 Å². The van der Waals surface area contributed by atoms with Gasteiger partial charge in [0.2, 0.25) is 11.8 Å². The van der Waals surface area contributed by atoms with Gasteiger partial charge in [0.15, 0.2) is 0 Å². The van der Waals surface area contributed by atoms with E-state index in [4.69, 9.17) is 0 Å². The second-order valence-corrected chi connectivity index (χ2v) is 5.46. The molecule has 0 saturated carbocycles. The first-order valence-corrected chi connectivity index (χ1v) is 7.39. The topological polar surface area (TPSA) is 49.4 Å². The molecule has 0 atom stereocenters. The molecule has 0 saturated heterocycles. The van der Waals surface area contributed by atoms with Gasteiger partial charge >= 0.3 is 0 Å². The number of aryl methyl sites for hydroxylation is 1. The van der Waals surface area contributed by atoms with Crippen LogP contribution in [0.5, 0.6) is 0 Å². The lowest BCUT2D eigenvalue weighted by molar-refractivity contribution is -0.125. The molecule has 4 heteroatoms. The van der Waals surface area contributed by atoms with Crippen LogP contribution in [-0.4, -0.2) is 18.4 Å². The maximum absolute atomic E-state index is 12.4. The van der Waals surface area contributed by atoms with Gasteiger partial charge < -0.3 is 10.2 Å². The normalized spacial score (nSPS) is 12.9. The lowest BCUT2D eigenvalue weighted by Crippen LogP contribution is -2.32. The fourth-order valence-electron chi connectivity index (χ4n) is 2.74. The Kier molecular flexibility index (Phi) is 3.92. The molecule has 1 aliphatic heterocycles. The van der Waals surface area contributed by atoms with Gasteiger partial charge in [0.1, 0.15) is 6.42 Å². The Balaban J connectivity index is 1.65. The first kappa shape index (κ1) is 14.3. The SMILES string of the molecule is Cc1ccccc1NC(=O)CC(=O)N1CCc2ccccc21. The van der Waals surface area contributed by atoms with E-state index in [1.165, 1.54) is 0 Å². The number of amides is 2. The lowest BCUT2D eigenvalue weighted by Gasteiger charge is -2.17. The Bertz CT molecular complexity index is 725. The molecule has 4 nitrogen and oxygen atoms in total. The summed E-state index contributed by atoms with van der Waals surface area (Å²) in [4.78, 5) is 26.1. The third-order valence-electron chi connectivity index (χ3n) is 3.92. The molecule has 0 aromatic heterocycles. The van der Waals surface area contributed by atoms with E-state index in [9.17, 15) is 9.59 Å². The molecule has 0 radical (unpaired) electrons. The first-order chi connectivity index (χ1) is 10.6. The van der Waals surface area contributed by atoms with Gasteiger partial charge in [-0.1, -0.05) is 36.4 Å². The van der Waals surface area contributed by atoms with E-state index >= 15 is 0 Å². The molecule has 2 amide bonds. The average Bonchev–Trinajstić information content (AvgIpc) is 2.93. The molecular weight excluding hydrogens is 276 g/mol. The molecule has 0 fully saturated rings. The van der Waals surface area contributed by atoms with Crippen molar-refractivity contribution in [3.63, 3.8) is 0 Å². The van der Waals surface area contributed by atoms with E-state index in [-0.39, 0.29) is 18.2 Å². The minimum Gasteiger partial charge on any atom is -0.325 e. The highest BCUT2D eigenvalue weighted by atomic mass is 16.2. The minimum atomic E-state index is -0.274. The summed E-state index contributed by atoms with van der Waals surface area (Å²) in [5.74, 6) is -0.431. The highest BCUT2D eigenvalue weighted by Crippen LogP contribution is 2.27. The number of hydrogen-bond acceptors (Lipinski definition) is 2. The molecule has 1 heterocycles. The number of carbonyl (C=O) groups excluding carboxylic acids is 2. The number of nitrogens with zero attached hydrogens (tertiary/aromatic N) is 1. The van der Waals surface area contributed by atoms with Crippen LogP contribution in [0.4, 0.5) is 11.4 Å². The molecule has 0 aliphatic carbocycles. The lowest BCUT2D eigenvalue weighted by atomic mass is 10.2. The summed E-state index contributed by atoms with van der Waals surface area (Å²) in [5.41, 5.74) is 3.82. The number of anilines is 2. The number of fused-ring (bicyclic) bond motifs is 1. The van der Waals surface area contributed by atoms with E-state index in [1.54, 1.807) is 4.90 Å². The number of hydrogen-bond donors (Lipinski definition) is 1. The zero-order valence-corrected chi connectivity index (χ0v) is 12.5. The summed E-state index contributed by atoms with van der Waals surface area (Å²) in [7, 11) is 0.